The second kappa shape index (κ2) is 10.6. The molecular formula is C23H23BrF2N4O5S. The fourth-order valence-corrected chi connectivity index (χ4v) is 5.98. The number of halogens is 3. The van der Waals surface area contributed by atoms with E-state index in [-0.39, 0.29) is 34.1 Å². The number of pyridine rings is 1. The Bertz CT molecular complexity index is 1400. The molecule has 1 unspecified atom stereocenters. The summed E-state index contributed by atoms with van der Waals surface area (Å²) in [6.07, 6.45) is 4.66. The van der Waals surface area contributed by atoms with Crippen molar-refractivity contribution in [3.05, 3.63) is 64.0 Å². The van der Waals surface area contributed by atoms with Gasteiger partial charge in [-0.1, -0.05) is 0 Å². The number of carbonyl (C=O) groups is 1. The van der Waals surface area contributed by atoms with Gasteiger partial charge in [-0.05, 0) is 60.3 Å². The van der Waals surface area contributed by atoms with E-state index < -0.39 is 33.7 Å². The Morgan fingerprint density at radius 3 is 2.75 bits per heavy atom. The number of hydrogen-bond acceptors (Lipinski definition) is 7. The topological polar surface area (TPSA) is 104 Å². The molecule has 0 saturated heterocycles. The summed E-state index contributed by atoms with van der Waals surface area (Å²) in [7, 11) is -2.52. The third kappa shape index (κ3) is 5.27. The highest BCUT2D eigenvalue weighted by Crippen LogP contribution is 2.37. The van der Waals surface area contributed by atoms with Crippen molar-refractivity contribution < 1.29 is 31.5 Å². The van der Waals surface area contributed by atoms with Gasteiger partial charge < -0.3 is 9.47 Å². The van der Waals surface area contributed by atoms with Crippen LogP contribution in [-0.2, 0) is 32.5 Å². The Morgan fingerprint density at radius 2 is 2.06 bits per heavy atom. The van der Waals surface area contributed by atoms with Crippen molar-refractivity contribution in [2.75, 3.05) is 13.7 Å². The lowest BCUT2D eigenvalue weighted by atomic mass is 9.93. The summed E-state index contributed by atoms with van der Waals surface area (Å²) in [5.74, 6) is -2.43. The van der Waals surface area contributed by atoms with Gasteiger partial charge >= 0.3 is 5.97 Å². The molecule has 0 radical (unpaired) electrons. The number of fused-ring (bicyclic) bond motifs is 1. The summed E-state index contributed by atoms with van der Waals surface area (Å²) >= 11 is 3.22. The summed E-state index contributed by atoms with van der Waals surface area (Å²) in [5, 5.41) is 4.29. The quantitative estimate of drug-likeness (QED) is 0.362. The minimum atomic E-state index is -4.00. The molecule has 1 atom stereocenters. The molecular weight excluding hydrogens is 562 g/mol. The maximum atomic E-state index is 13.9. The normalized spacial score (nSPS) is 15.6. The summed E-state index contributed by atoms with van der Waals surface area (Å²) < 4.78 is 67.3. The Balaban J connectivity index is 1.57. The summed E-state index contributed by atoms with van der Waals surface area (Å²) in [6, 6.07) is 3.64. The van der Waals surface area contributed by atoms with Crippen LogP contribution in [0.5, 0.6) is 11.6 Å². The Hall–Kier alpha value is -2.90. The number of carbonyl (C=O) groups excluding carboxylic acids is 1. The zero-order valence-corrected chi connectivity index (χ0v) is 21.9. The second-order valence-corrected chi connectivity index (χ2v) is 10.9. The van der Waals surface area contributed by atoms with Gasteiger partial charge in [0.1, 0.15) is 17.3 Å². The van der Waals surface area contributed by atoms with Crippen LogP contribution in [0.25, 0.3) is 0 Å². The number of aromatic nitrogens is 3. The average molecular weight is 585 g/mol. The van der Waals surface area contributed by atoms with Crippen molar-refractivity contribution in [3.8, 4) is 11.6 Å². The zero-order chi connectivity index (χ0) is 26.0. The van der Waals surface area contributed by atoms with Crippen molar-refractivity contribution >= 4 is 31.9 Å². The molecule has 1 aliphatic rings. The number of nitrogens with zero attached hydrogens (tertiary/aromatic N) is 4. The Morgan fingerprint density at radius 1 is 1.28 bits per heavy atom. The minimum Gasteiger partial charge on any atom is -0.465 e. The van der Waals surface area contributed by atoms with Crippen LogP contribution in [0.15, 0.2) is 46.0 Å². The van der Waals surface area contributed by atoms with Gasteiger partial charge in [0, 0.05) is 24.4 Å². The highest BCUT2D eigenvalue weighted by Gasteiger charge is 2.35. The number of ether oxygens (including phenoxy) is 2. The standard InChI is InChI=1S/C23H23BrF2N4O5S/c1-3-34-22(31)13-30-20-6-4-5-19(16(20)12-28-30)29(2)36(32,33)15-10-17(24)23(27-11-15)35-21-8-7-14(25)9-18(21)26/h7-12,19H,3-6,13H2,1-2H3. The smallest absolute Gasteiger partial charge is 0.327 e. The lowest BCUT2D eigenvalue weighted by Gasteiger charge is -2.30. The van der Waals surface area contributed by atoms with E-state index in [2.05, 4.69) is 26.0 Å². The molecule has 0 fully saturated rings. The molecule has 2 heterocycles. The van der Waals surface area contributed by atoms with E-state index in [4.69, 9.17) is 9.47 Å². The van der Waals surface area contributed by atoms with Crippen LogP contribution < -0.4 is 4.74 Å². The van der Waals surface area contributed by atoms with E-state index in [1.54, 1.807) is 17.8 Å². The van der Waals surface area contributed by atoms with Crippen LogP contribution in [0, 0.1) is 11.6 Å². The number of sulfonamides is 1. The number of benzene rings is 1. The maximum absolute atomic E-state index is 13.9. The summed E-state index contributed by atoms with van der Waals surface area (Å²) in [6.45, 7) is 1.94. The minimum absolute atomic E-state index is 0.0423. The number of esters is 1. The van der Waals surface area contributed by atoms with Gasteiger partial charge in [-0.3, -0.25) is 9.48 Å². The van der Waals surface area contributed by atoms with Crippen molar-refractivity contribution in [2.24, 2.45) is 0 Å². The lowest BCUT2D eigenvalue weighted by Crippen LogP contribution is -2.33. The Kier molecular flexibility index (Phi) is 7.71. The first-order valence-corrected chi connectivity index (χ1v) is 13.3. The first-order valence-electron chi connectivity index (χ1n) is 11.1. The average Bonchev–Trinajstić information content (AvgIpc) is 3.24. The van der Waals surface area contributed by atoms with Gasteiger partial charge in [0.05, 0.1) is 29.5 Å². The second-order valence-electron chi connectivity index (χ2n) is 8.07. The first-order chi connectivity index (χ1) is 17.1. The van der Waals surface area contributed by atoms with Gasteiger partial charge in [0.25, 0.3) is 0 Å². The van der Waals surface area contributed by atoms with Gasteiger partial charge in [0.15, 0.2) is 11.6 Å². The van der Waals surface area contributed by atoms with E-state index in [1.165, 1.54) is 17.4 Å². The third-order valence-corrected chi connectivity index (χ3v) is 8.21. The fourth-order valence-electron chi connectivity index (χ4n) is 4.06. The van der Waals surface area contributed by atoms with E-state index in [0.717, 1.165) is 29.6 Å². The molecule has 0 amide bonds. The van der Waals surface area contributed by atoms with Crippen LogP contribution in [-0.4, -0.2) is 47.1 Å². The molecule has 36 heavy (non-hydrogen) atoms. The molecule has 13 heteroatoms. The number of rotatable bonds is 8. The van der Waals surface area contributed by atoms with E-state index in [0.29, 0.717) is 25.3 Å². The molecule has 192 valence electrons. The molecule has 0 aliphatic heterocycles. The van der Waals surface area contributed by atoms with E-state index in [9.17, 15) is 22.0 Å². The molecule has 1 aromatic carbocycles. The third-order valence-electron chi connectivity index (χ3n) is 5.81. The van der Waals surface area contributed by atoms with Gasteiger partial charge in [-0.25, -0.2) is 22.2 Å². The molecule has 0 spiro atoms. The lowest BCUT2D eigenvalue weighted by molar-refractivity contribution is -0.144. The molecule has 2 aromatic heterocycles. The maximum Gasteiger partial charge on any atom is 0.327 e. The highest BCUT2D eigenvalue weighted by molar-refractivity contribution is 9.10. The van der Waals surface area contributed by atoms with E-state index in [1.807, 2.05) is 0 Å². The van der Waals surface area contributed by atoms with Crippen LogP contribution in [0.3, 0.4) is 0 Å². The van der Waals surface area contributed by atoms with Crippen LogP contribution in [0.2, 0.25) is 0 Å². The van der Waals surface area contributed by atoms with Gasteiger partial charge in [-0.15, -0.1) is 0 Å². The first kappa shape index (κ1) is 26.2. The van der Waals surface area contributed by atoms with Gasteiger partial charge in [-0.2, -0.15) is 9.40 Å². The van der Waals surface area contributed by atoms with Gasteiger partial charge in [0.2, 0.25) is 15.9 Å². The monoisotopic (exact) mass is 584 g/mol. The highest BCUT2D eigenvalue weighted by atomic mass is 79.9. The van der Waals surface area contributed by atoms with Crippen LogP contribution >= 0.6 is 15.9 Å². The molecule has 9 nitrogen and oxygen atoms in total. The summed E-state index contributed by atoms with van der Waals surface area (Å²) in [4.78, 5) is 15.8. The summed E-state index contributed by atoms with van der Waals surface area (Å²) in [5.41, 5.74) is 1.53. The predicted molar refractivity (Wildman–Crippen MR) is 128 cm³/mol. The number of hydrogen-bond donors (Lipinski definition) is 0. The van der Waals surface area contributed by atoms with Crippen molar-refractivity contribution in [3.63, 3.8) is 0 Å². The molecule has 0 N–H and O–H groups in total. The Labute approximate surface area is 215 Å². The molecule has 3 aromatic rings. The molecule has 0 saturated carbocycles. The molecule has 1 aliphatic carbocycles. The van der Waals surface area contributed by atoms with E-state index >= 15 is 0 Å². The molecule has 0 bridgehead atoms. The van der Waals surface area contributed by atoms with Crippen molar-refractivity contribution in [2.45, 2.75) is 43.7 Å². The fraction of sp³-hybridized carbons (Fsp3) is 0.348. The predicted octanol–water partition coefficient (Wildman–Crippen LogP) is 4.37. The van der Waals surface area contributed by atoms with Crippen LogP contribution in [0.1, 0.15) is 37.1 Å². The van der Waals surface area contributed by atoms with Crippen molar-refractivity contribution in [1.82, 2.24) is 19.1 Å². The SMILES string of the molecule is CCOC(=O)Cn1ncc2c1CCCC2N(C)S(=O)(=O)c1cnc(Oc2ccc(F)cc2F)c(Br)c1. The van der Waals surface area contributed by atoms with Crippen molar-refractivity contribution in [1.29, 1.82) is 0 Å². The molecule has 4 rings (SSSR count). The zero-order valence-electron chi connectivity index (χ0n) is 19.4. The van der Waals surface area contributed by atoms with Crippen LogP contribution in [0.4, 0.5) is 8.78 Å². The largest absolute Gasteiger partial charge is 0.465 e.